The molecule has 3 heterocycles. The predicted molar refractivity (Wildman–Crippen MR) is 140 cm³/mol. The second kappa shape index (κ2) is 11.2. The van der Waals surface area contributed by atoms with Crippen molar-refractivity contribution in [2.45, 2.75) is 63.7 Å². The normalized spacial score (nSPS) is 27.8. The summed E-state index contributed by atoms with van der Waals surface area (Å²) in [6, 6.07) is 5.08. The molecule has 3 fully saturated rings. The molecule has 5 atom stereocenters. The first kappa shape index (κ1) is 27.1. The van der Waals surface area contributed by atoms with Crippen LogP contribution in [0.25, 0.3) is 0 Å². The first-order valence-corrected chi connectivity index (χ1v) is 13.2. The lowest BCUT2D eigenvalue weighted by atomic mass is 9.70. The van der Waals surface area contributed by atoms with Crippen LogP contribution < -0.4 is 4.90 Å². The zero-order chi connectivity index (χ0) is 26.7. The largest absolute Gasteiger partial charge is 0.461 e. The Labute approximate surface area is 218 Å². The van der Waals surface area contributed by atoms with Crippen molar-refractivity contribution in [3.05, 3.63) is 54.6 Å². The highest BCUT2D eigenvalue weighted by Crippen LogP contribution is 2.59. The molecule has 1 spiro atoms. The summed E-state index contributed by atoms with van der Waals surface area (Å²) in [6.45, 7) is 12.2. The van der Waals surface area contributed by atoms with E-state index in [1.807, 2.05) is 32.0 Å². The van der Waals surface area contributed by atoms with Crippen molar-refractivity contribution in [3.8, 4) is 0 Å². The fourth-order valence-corrected chi connectivity index (χ4v) is 6.34. The fourth-order valence-electron chi connectivity index (χ4n) is 6.34. The summed E-state index contributed by atoms with van der Waals surface area (Å²) < 4.78 is 11.8. The standard InChI is InChI=1S/C29H38N2O6/c1-5-14-30(21-18-19(3)10-11-20(21)4)27(34)25-29-13-12-22(37-29)23(28(35)36-17-6-2)24(29)26(33)31(25)15-8-7-9-16-32/h5-6,10-11,18,22-25,32H,1-2,7-9,12-17H2,3-4H3/t22-,23+,24-,25?,29?/m0/s1. The van der Waals surface area contributed by atoms with Crippen LogP contribution in [0.3, 0.4) is 0 Å². The topological polar surface area (TPSA) is 96.4 Å². The molecule has 200 valence electrons. The minimum Gasteiger partial charge on any atom is -0.461 e. The van der Waals surface area contributed by atoms with Gasteiger partial charge in [-0.15, -0.1) is 6.58 Å². The zero-order valence-corrected chi connectivity index (χ0v) is 21.9. The van der Waals surface area contributed by atoms with E-state index in [4.69, 9.17) is 9.47 Å². The molecule has 3 aliphatic heterocycles. The van der Waals surface area contributed by atoms with E-state index < -0.39 is 35.6 Å². The van der Waals surface area contributed by atoms with Gasteiger partial charge in [0.15, 0.2) is 0 Å². The Morgan fingerprint density at radius 2 is 2.03 bits per heavy atom. The summed E-state index contributed by atoms with van der Waals surface area (Å²) in [5.41, 5.74) is 1.65. The van der Waals surface area contributed by atoms with E-state index in [2.05, 4.69) is 13.2 Å². The fraction of sp³-hybridized carbons (Fsp3) is 0.552. The van der Waals surface area contributed by atoms with E-state index in [0.29, 0.717) is 32.2 Å². The Bertz CT molecular complexity index is 1070. The average molecular weight is 511 g/mol. The highest BCUT2D eigenvalue weighted by Gasteiger charge is 2.75. The Morgan fingerprint density at radius 1 is 1.24 bits per heavy atom. The molecule has 1 aromatic carbocycles. The monoisotopic (exact) mass is 510 g/mol. The maximum atomic E-state index is 14.5. The van der Waals surface area contributed by atoms with Crippen LogP contribution in [0.15, 0.2) is 43.5 Å². The Hall–Kier alpha value is -2.97. The lowest BCUT2D eigenvalue weighted by Gasteiger charge is -2.37. The van der Waals surface area contributed by atoms with E-state index in [9.17, 15) is 19.5 Å². The van der Waals surface area contributed by atoms with Crippen molar-refractivity contribution in [2.24, 2.45) is 11.8 Å². The summed E-state index contributed by atoms with van der Waals surface area (Å²) in [4.78, 5) is 44.8. The number of aliphatic hydroxyl groups is 1. The molecule has 1 N–H and O–H groups in total. The average Bonchev–Trinajstić information content (AvgIpc) is 3.52. The molecule has 0 radical (unpaired) electrons. The van der Waals surface area contributed by atoms with Gasteiger partial charge in [0.25, 0.3) is 5.91 Å². The highest BCUT2D eigenvalue weighted by molar-refractivity contribution is 6.05. The van der Waals surface area contributed by atoms with Gasteiger partial charge in [-0.2, -0.15) is 0 Å². The number of nitrogens with zero attached hydrogens (tertiary/aromatic N) is 2. The van der Waals surface area contributed by atoms with Gasteiger partial charge in [-0.25, -0.2) is 0 Å². The van der Waals surface area contributed by atoms with Crippen LogP contribution in [0.5, 0.6) is 0 Å². The molecule has 4 rings (SSSR count). The van der Waals surface area contributed by atoms with Crippen molar-refractivity contribution < 1.29 is 29.0 Å². The number of fused-ring (bicyclic) bond motifs is 1. The van der Waals surface area contributed by atoms with Crippen LogP contribution in [0.4, 0.5) is 5.69 Å². The number of carbonyl (C=O) groups is 3. The minimum absolute atomic E-state index is 0.0585. The molecule has 1 aromatic rings. The SMILES string of the molecule is C=CCOC(=O)[C@@H]1[C@@H]2CCC3(O2)C(C(=O)N(CC=C)c2cc(C)ccc2C)N(CCCCCO)C(=O)[C@H]13. The summed E-state index contributed by atoms with van der Waals surface area (Å²) >= 11 is 0. The number of unbranched alkanes of at least 4 members (excludes halogenated alkanes) is 2. The first-order valence-electron chi connectivity index (χ1n) is 13.2. The van der Waals surface area contributed by atoms with Gasteiger partial charge < -0.3 is 24.4 Å². The molecule has 8 nitrogen and oxygen atoms in total. The van der Waals surface area contributed by atoms with Crippen molar-refractivity contribution >= 4 is 23.5 Å². The number of benzene rings is 1. The number of likely N-dealkylation sites (tertiary alicyclic amines) is 1. The van der Waals surface area contributed by atoms with Gasteiger partial charge >= 0.3 is 5.97 Å². The number of amides is 2. The number of ether oxygens (including phenoxy) is 2. The van der Waals surface area contributed by atoms with Crippen LogP contribution >= 0.6 is 0 Å². The maximum Gasteiger partial charge on any atom is 0.312 e. The smallest absolute Gasteiger partial charge is 0.312 e. The van der Waals surface area contributed by atoms with Gasteiger partial charge in [0, 0.05) is 25.4 Å². The number of carbonyl (C=O) groups excluding carboxylic acids is 3. The Balaban J connectivity index is 1.74. The number of aliphatic hydroxyl groups excluding tert-OH is 1. The third-order valence-electron chi connectivity index (χ3n) is 7.94. The lowest BCUT2D eigenvalue weighted by molar-refractivity contribution is -0.154. The van der Waals surface area contributed by atoms with E-state index >= 15 is 0 Å². The second-order valence-electron chi connectivity index (χ2n) is 10.3. The molecule has 3 aliphatic rings. The van der Waals surface area contributed by atoms with Gasteiger partial charge in [-0.1, -0.05) is 30.9 Å². The molecular formula is C29H38N2O6. The summed E-state index contributed by atoms with van der Waals surface area (Å²) in [5, 5.41) is 9.21. The van der Waals surface area contributed by atoms with Crippen molar-refractivity contribution in [1.29, 1.82) is 0 Å². The summed E-state index contributed by atoms with van der Waals surface area (Å²) in [5.74, 6) is -2.44. The van der Waals surface area contributed by atoms with E-state index in [1.165, 1.54) is 6.08 Å². The van der Waals surface area contributed by atoms with Crippen molar-refractivity contribution in [2.75, 3.05) is 31.2 Å². The van der Waals surface area contributed by atoms with Crippen molar-refractivity contribution in [3.63, 3.8) is 0 Å². The zero-order valence-electron chi connectivity index (χ0n) is 21.9. The number of rotatable bonds is 12. The molecule has 2 unspecified atom stereocenters. The van der Waals surface area contributed by atoms with Crippen LogP contribution in [0.1, 0.15) is 43.2 Å². The van der Waals surface area contributed by atoms with Gasteiger partial charge in [0.1, 0.15) is 18.2 Å². The van der Waals surface area contributed by atoms with Crippen LogP contribution in [-0.2, 0) is 23.9 Å². The lowest BCUT2D eigenvalue weighted by Crippen LogP contribution is -2.56. The number of anilines is 1. The van der Waals surface area contributed by atoms with Gasteiger partial charge in [0.05, 0.1) is 17.9 Å². The van der Waals surface area contributed by atoms with Gasteiger partial charge in [-0.05, 0) is 63.1 Å². The molecule has 0 saturated carbocycles. The van der Waals surface area contributed by atoms with E-state index in [1.54, 1.807) is 15.9 Å². The third-order valence-corrected chi connectivity index (χ3v) is 7.94. The van der Waals surface area contributed by atoms with Crippen LogP contribution in [-0.4, -0.2) is 71.8 Å². The molecule has 2 amide bonds. The molecule has 0 aromatic heterocycles. The van der Waals surface area contributed by atoms with Crippen LogP contribution in [0.2, 0.25) is 0 Å². The van der Waals surface area contributed by atoms with Crippen LogP contribution in [0, 0.1) is 25.7 Å². The number of esters is 1. The Morgan fingerprint density at radius 3 is 2.73 bits per heavy atom. The number of hydrogen-bond acceptors (Lipinski definition) is 6. The quantitative estimate of drug-likeness (QED) is 0.264. The summed E-state index contributed by atoms with van der Waals surface area (Å²) in [7, 11) is 0. The maximum absolute atomic E-state index is 14.5. The second-order valence-corrected chi connectivity index (χ2v) is 10.3. The van der Waals surface area contributed by atoms with Gasteiger partial charge in [-0.3, -0.25) is 14.4 Å². The van der Waals surface area contributed by atoms with E-state index in [-0.39, 0.29) is 31.6 Å². The number of hydrogen-bond donors (Lipinski definition) is 1. The van der Waals surface area contributed by atoms with E-state index in [0.717, 1.165) is 23.2 Å². The third kappa shape index (κ3) is 4.73. The summed E-state index contributed by atoms with van der Waals surface area (Å²) in [6.07, 6.45) is 5.82. The molecule has 8 heteroatoms. The molecule has 2 bridgehead atoms. The molecule has 0 aliphatic carbocycles. The molecule has 37 heavy (non-hydrogen) atoms. The van der Waals surface area contributed by atoms with Gasteiger partial charge in [0.2, 0.25) is 5.91 Å². The molecular weight excluding hydrogens is 472 g/mol. The number of aryl methyl sites for hydroxylation is 2. The Kier molecular flexibility index (Phi) is 8.19. The van der Waals surface area contributed by atoms with Crippen molar-refractivity contribution in [1.82, 2.24) is 4.90 Å². The first-order chi connectivity index (χ1) is 17.8. The molecule has 3 saturated heterocycles. The predicted octanol–water partition coefficient (Wildman–Crippen LogP) is 3.09. The highest BCUT2D eigenvalue weighted by atomic mass is 16.6. The minimum atomic E-state index is -1.08.